The average Bonchev–Trinajstić information content (AvgIpc) is 2.64. The van der Waals surface area contributed by atoms with Gasteiger partial charge in [-0.25, -0.2) is 0 Å². The summed E-state index contributed by atoms with van der Waals surface area (Å²) in [7, 11) is 2.79. The summed E-state index contributed by atoms with van der Waals surface area (Å²) >= 11 is 0. The Bertz CT molecular complexity index is 804. The highest BCUT2D eigenvalue weighted by atomic mass is 19.4. The molecule has 0 saturated heterocycles. The number of carbonyl (C=O) groups excluding carboxylic acids is 1. The van der Waals surface area contributed by atoms with Gasteiger partial charge in [-0.1, -0.05) is 19.1 Å². The average molecular weight is 381 g/mol. The van der Waals surface area contributed by atoms with Crippen molar-refractivity contribution in [2.75, 3.05) is 20.8 Å². The third-order valence-corrected chi connectivity index (χ3v) is 4.09. The van der Waals surface area contributed by atoms with Gasteiger partial charge in [-0.2, -0.15) is 13.2 Å². The monoisotopic (exact) mass is 381 g/mol. The van der Waals surface area contributed by atoms with Crippen LogP contribution in [-0.2, 0) is 28.7 Å². The van der Waals surface area contributed by atoms with Crippen molar-refractivity contribution in [2.24, 2.45) is 0 Å². The molecule has 0 heterocycles. The zero-order valence-electron chi connectivity index (χ0n) is 15.4. The minimum absolute atomic E-state index is 0.0455. The van der Waals surface area contributed by atoms with Gasteiger partial charge in [0.1, 0.15) is 5.75 Å². The first-order chi connectivity index (χ1) is 12.8. The molecule has 0 amide bonds. The molecule has 2 aromatic rings. The number of carbonyl (C=O) groups is 1. The van der Waals surface area contributed by atoms with Crippen molar-refractivity contribution in [1.29, 1.82) is 0 Å². The number of hydrogen-bond acceptors (Lipinski definition) is 4. The molecule has 0 unspecified atom stereocenters. The Hall–Kier alpha value is -2.54. The zero-order chi connectivity index (χ0) is 20.0. The van der Waals surface area contributed by atoms with Crippen LogP contribution in [0.5, 0.6) is 5.75 Å². The largest absolute Gasteiger partial charge is 0.497 e. The van der Waals surface area contributed by atoms with Crippen LogP contribution in [0.25, 0.3) is 11.1 Å². The molecule has 1 N–H and O–H groups in total. The molecule has 0 aromatic heterocycles. The fourth-order valence-corrected chi connectivity index (χ4v) is 2.73. The molecule has 2 aromatic carbocycles. The Kier molecular flexibility index (Phi) is 6.85. The Morgan fingerprint density at radius 1 is 1.11 bits per heavy atom. The lowest BCUT2D eigenvalue weighted by Gasteiger charge is -2.16. The first-order valence-electron chi connectivity index (χ1n) is 8.44. The Morgan fingerprint density at radius 3 is 2.44 bits per heavy atom. The molecule has 146 valence electrons. The molecule has 7 heteroatoms. The molecule has 0 radical (unpaired) electrons. The highest BCUT2D eigenvalue weighted by Crippen LogP contribution is 2.35. The van der Waals surface area contributed by atoms with Crippen molar-refractivity contribution in [3.05, 3.63) is 53.1 Å². The number of esters is 1. The lowest BCUT2D eigenvalue weighted by Crippen LogP contribution is -2.14. The molecule has 27 heavy (non-hydrogen) atoms. The number of nitrogens with one attached hydrogen (secondary N) is 1. The van der Waals surface area contributed by atoms with Gasteiger partial charge in [-0.05, 0) is 53.1 Å². The van der Waals surface area contributed by atoms with Crippen LogP contribution in [0.1, 0.15) is 23.6 Å². The van der Waals surface area contributed by atoms with E-state index >= 15 is 0 Å². The van der Waals surface area contributed by atoms with Crippen molar-refractivity contribution < 1.29 is 27.4 Å². The van der Waals surface area contributed by atoms with E-state index in [0.29, 0.717) is 41.1 Å². The van der Waals surface area contributed by atoms with Crippen LogP contribution in [0, 0.1) is 0 Å². The molecule has 0 saturated carbocycles. The second-order valence-corrected chi connectivity index (χ2v) is 5.97. The Labute approximate surface area is 156 Å². The summed E-state index contributed by atoms with van der Waals surface area (Å²) in [6, 6.07) is 8.86. The molecule has 0 bridgehead atoms. The summed E-state index contributed by atoms with van der Waals surface area (Å²) in [6.07, 6.45) is -4.37. The van der Waals surface area contributed by atoms with Crippen LogP contribution in [-0.4, -0.2) is 26.7 Å². The fraction of sp³-hybridized carbons (Fsp3) is 0.350. The number of halogens is 3. The standard InChI is InChI=1S/C20H22F3NO3/c1-4-24-12-15-10-16(20(21,22)23)5-6-18(15)14-7-13(9-19(25)27-3)8-17(11-14)26-2/h5-8,10-11,24H,4,9,12H2,1-3H3. The summed E-state index contributed by atoms with van der Waals surface area (Å²) in [4.78, 5) is 11.6. The fourth-order valence-electron chi connectivity index (χ4n) is 2.73. The van der Waals surface area contributed by atoms with Gasteiger partial charge in [0.25, 0.3) is 0 Å². The van der Waals surface area contributed by atoms with Crippen LogP contribution in [0.2, 0.25) is 0 Å². The first kappa shape index (κ1) is 20.8. The topological polar surface area (TPSA) is 47.6 Å². The van der Waals surface area contributed by atoms with E-state index in [4.69, 9.17) is 4.74 Å². The van der Waals surface area contributed by atoms with E-state index in [1.165, 1.54) is 20.3 Å². The van der Waals surface area contributed by atoms with Crippen LogP contribution in [0.4, 0.5) is 13.2 Å². The number of ether oxygens (including phenoxy) is 2. The molecule has 0 aliphatic carbocycles. The molecule has 4 nitrogen and oxygen atoms in total. The Morgan fingerprint density at radius 2 is 1.85 bits per heavy atom. The van der Waals surface area contributed by atoms with Crippen molar-refractivity contribution in [1.82, 2.24) is 5.32 Å². The lowest BCUT2D eigenvalue weighted by atomic mass is 9.95. The highest BCUT2D eigenvalue weighted by Gasteiger charge is 2.31. The van der Waals surface area contributed by atoms with E-state index in [2.05, 4.69) is 10.1 Å². The van der Waals surface area contributed by atoms with E-state index in [1.54, 1.807) is 18.2 Å². The summed E-state index contributed by atoms with van der Waals surface area (Å²) < 4.78 is 49.3. The van der Waals surface area contributed by atoms with Crippen molar-refractivity contribution >= 4 is 5.97 Å². The molecule has 0 aliphatic heterocycles. The summed E-state index contributed by atoms with van der Waals surface area (Å²) in [6.45, 7) is 2.80. The number of methoxy groups -OCH3 is 2. The Balaban J connectivity index is 2.54. The van der Waals surface area contributed by atoms with E-state index < -0.39 is 17.7 Å². The van der Waals surface area contributed by atoms with Crippen LogP contribution in [0.15, 0.2) is 36.4 Å². The quantitative estimate of drug-likeness (QED) is 0.730. The maximum absolute atomic E-state index is 13.1. The predicted octanol–water partition coefficient (Wildman–Crippen LogP) is 4.21. The second kappa shape index (κ2) is 8.90. The first-order valence-corrected chi connectivity index (χ1v) is 8.44. The van der Waals surface area contributed by atoms with Gasteiger partial charge in [0.05, 0.1) is 26.2 Å². The van der Waals surface area contributed by atoms with Crippen LogP contribution in [0.3, 0.4) is 0 Å². The second-order valence-electron chi connectivity index (χ2n) is 5.97. The van der Waals surface area contributed by atoms with Gasteiger partial charge in [0.15, 0.2) is 0 Å². The van der Waals surface area contributed by atoms with Gasteiger partial charge < -0.3 is 14.8 Å². The van der Waals surface area contributed by atoms with E-state index in [-0.39, 0.29) is 6.42 Å². The predicted molar refractivity (Wildman–Crippen MR) is 96.5 cm³/mol. The SMILES string of the molecule is CCNCc1cc(C(F)(F)F)ccc1-c1cc(CC(=O)OC)cc(OC)c1. The zero-order valence-corrected chi connectivity index (χ0v) is 15.4. The molecule has 0 fully saturated rings. The summed E-state index contributed by atoms with van der Waals surface area (Å²) in [5.41, 5.74) is 1.80. The van der Waals surface area contributed by atoms with Crippen molar-refractivity contribution in [3.63, 3.8) is 0 Å². The van der Waals surface area contributed by atoms with Crippen molar-refractivity contribution in [3.8, 4) is 16.9 Å². The lowest BCUT2D eigenvalue weighted by molar-refractivity contribution is -0.140. The van der Waals surface area contributed by atoms with E-state index in [0.717, 1.165) is 12.1 Å². The van der Waals surface area contributed by atoms with Gasteiger partial charge in [0, 0.05) is 6.54 Å². The van der Waals surface area contributed by atoms with E-state index in [9.17, 15) is 18.0 Å². The number of alkyl halides is 3. The van der Waals surface area contributed by atoms with Crippen LogP contribution >= 0.6 is 0 Å². The molecular weight excluding hydrogens is 359 g/mol. The van der Waals surface area contributed by atoms with Crippen LogP contribution < -0.4 is 10.1 Å². The maximum Gasteiger partial charge on any atom is 0.416 e. The third-order valence-electron chi connectivity index (χ3n) is 4.09. The smallest absolute Gasteiger partial charge is 0.416 e. The van der Waals surface area contributed by atoms with Gasteiger partial charge in [-0.3, -0.25) is 4.79 Å². The molecule has 0 atom stereocenters. The maximum atomic E-state index is 13.1. The summed E-state index contributed by atoms with van der Waals surface area (Å²) in [5.74, 6) is 0.107. The van der Waals surface area contributed by atoms with Gasteiger partial charge >= 0.3 is 12.1 Å². The minimum Gasteiger partial charge on any atom is -0.497 e. The minimum atomic E-state index is -4.41. The molecular formula is C20H22F3NO3. The highest BCUT2D eigenvalue weighted by molar-refractivity contribution is 5.75. The normalized spacial score (nSPS) is 11.3. The van der Waals surface area contributed by atoms with Gasteiger partial charge in [0.2, 0.25) is 0 Å². The van der Waals surface area contributed by atoms with E-state index in [1.807, 2.05) is 6.92 Å². The van der Waals surface area contributed by atoms with Gasteiger partial charge in [-0.15, -0.1) is 0 Å². The number of benzene rings is 2. The van der Waals surface area contributed by atoms with Crippen molar-refractivity contribution in [2.45, 2.75) is 26.1 Å². The number of rotatable bonds is 7. The molecule has 0 spiro atoms. The summed E-state index contributed by atoms with van der Waals surface area (Å²) in [5, 5.41) is 3.07. The third kappa shape index (κ3) is 5.47. The molecule has 2 rings (SSSR count). The molecule has 0 aliphatic rings. The number of hydrogen-bond donors (Lipinski definition) is 1.